The average Bonchev–Trinajstić information content (AvgIpc) is 2.55. The number of para-hydroxylation sites is 1. The summed E-state index contributed by atoms with van der Waals surface area (Å²) < 4.78 is 5.46. The second-order valence-electron chi connectivity index (χ2n) is 6.91. The van der Waals surface area contributed by atoms with Gasteiger partial charge in [0.15, 0.2) is 0 Å². The van der Waals surface area contributed by atoms with Crippen LogP contribution in [0.1, 0.15) is 50.5 Å². The Balaban J connectivity index is 1.61. The Bertz CT molecular complexity index is 459. The molecule has 1 aromatic rings. The molecule has 3 rings (SSSR count). The number of methoxy groups -OCH3 is 1. The zero-order chi connectivity index (χ0) is 14.7. The van der Waals surface area contributed by atoms with Gasteiger partial charge in [0, 0.05) is 5.38 Å². The molecule has 0 amide bonds. The van der Waals surface area contributed by atoms with Crippen molar-refractivity contribution in [3.63, 3.8) is 0 Å². The predicted octanol–water partition coefficient (Wildman–Crippen LogP) is 5.45. The summed E-state index contributed by atoms with van der Waals surface area (Å²) in [6.07, 6.45) is 10.8. The number of hydrogen-bond acceptors (Lipinski definition) is 1. The van der Waals surface area contributed by atoms with Gasteiger partial charge >= 0.3 is 0 Å². The third-order valence-corrected chi connectivity index (χ3v) is 6.21. The van der Waals surface area contributed by atoms with Gasteiger partial charge < -0.3 is 4.74 Å². The third-order valence-electron chi connectivity index (χ3n) is 5.70. The standard InChI is InChI=1S/C19H27ClO/c1-21-19-9-5-4-8-17(19)13-18(20)16-11-10-14-6-2-3-7-15(14)12-16/h4-5,8-9,14-16,18H,2-3,6-7,10-13H2,1H3. The Kier molecular flexibility index (Phi) is 5.11. The molecule has 4 unspecified atom stereocenters. The summed E-state index contributed by atoms with van der Waals surface area (Å²) in [5, 5.41) is 0.254. The zero-order valence-electron chi connectivity index (χ0n) is 13.1. The van der Waals surface area contributed by atoms with Crippen molar-refractivity contribution in [2.24, 2.45) is 17.8 Å². The molecule has 0 aromatic heterocycles. The van der Waals surface area contributed by atoms with Crippen molar-refractivity contribution in [2.45, 2.75) is 56.7 Å². The molecule has 0 heterocycles. The molecule has 0 radical (unpaired) electrons. The van der Waals surface area contributed by atoms with Crippen LogP contribution >= 0.6 is 11.6 Å². The van der Waals surface area contributed by atoms with Gasteiger partial charge in [0.2, 0.25) is 0 Å². The van der Waals surface area contributed by atoms with E-state index in [9.17, 15) is 0 Å². The zero-order valence-corrected chi connectivity index (χ0v) is 13.8. The van der Waals surface area contributed by atoms with Gasteiger partial charge in [0.25, 0.3) is 0 Å². The van der Waals surface area contributed by atoms with Crippen molar-refractivity contribution < 1.29 is 4.74 Å². The molecule has 116 valence electrons. The number of hydrogen-bond donors (Lipinski definition) is 0. The van der Waals surface area contributed by atoms with E-state index in [2.05, 4.69) is 12.1 Å². The molecular formula is C19H27ClO. The van der Waals surface area contributed by atoms with E-state index in [1.54, 1.807) is 7.11 Å². The van der Waals surface area contributed by atoms with Crippen LogP contribution in [0.5, 0.6) is 5.75 Å². The number of rotatable bonds is 4. The molecule has 2 saturated carbocycles. The van der Waals surface area contributed by atoms with Crippen LogP contribution in [0, 0.1) is 17.8 Å². The van der Waals surface area contributed by atoms with Gasteiger partial charge in [-0.2, -0.15) is 0 Å². The van der Waals surface area contributed by atoms with E-state index in [0.717, 1.165) is 24.0 Å². The highest BCUT2D eigenvalue weighted by Gasteiger charge is 2.34. The summed E-state index contributed by atoms with van der Waals surface area (Å²) in [6, 6.07) is 8.30. The van der Waals surface area contributed by atoms with Crippen LogP contribution in [-0.4, -0.2) is 12.5 Å². The molecule has 0 N–H and O–H groups in total. The SMILES string of the molecule is COc1ccccc1CC(Cl)C1CCC2CCCCC2C1. The van der Waals surface area contributed by atoms with E-state index >= 15 is 0 Å². The quantitative estimate of drug-likeness (QED) is 0.672. The first-order chi connectivity index (χ1) is 10.3. The van der Waals surface area contributed by atoms with Crippen molar-refractivity contribution in [1.82, 2.24) is 0 Å². The van der Waals surface area contributed by atoms with Gasteiger partial charge in [0.1, 0.15) is 5.75 Å². The van der Waals surface area contributed by atoms with Crippen LogP contribution in [0.2, 0.25) is 0 Å². The molecule has 2 aliphatic carbocycles. The number of benzene rings is 1. The highest BCUT2D eigenvalue weighted by atomic mass is 35.5. The summed E-state index contributed by atoms with van der Waals surface area (Å²) in [7, 11) is 1.75. The second-order valence-corrected chi connectivity index (χ2v) is 7.47. The molecule has 0 bridgehead atoms. The summed E-state index contributed by atoms with van der Waals surface area (Å²) in [6.45, 7) is 0. The molecule has 2 aliphatic rings. The first kappa shape index (κ1) is 15.2. The first-order valence-corrected chi connectivity index (χ1v) is 8.97. The molecule has 2 fully saturated rings. The number of alkyl halides is 1. The highest BCUT2D eigenvalue weighted by Crippen LogP contribution is 2.45. The van der Waals surface area contributed by atoms with Gasteiger partial charge in [-0.3, -0.25) is 0 Å². The lowest BCUT2D eigenvalue weighted by molar-refractivity contribution is 0.127. The van der Waals surface area contributed by atoms with E-state index in [-0.39, 0.29) is 5.38 Å². The molecule has 21 heavy (non-hydrogen) atoms. The van der Waals surface area contributed by atoms with E-state index in [0.29, 0.717) is 5.92 Å². The van der Waals surface area contributed by atoms with Gasteiger partial charge in [-0.25, -0.2) is 0 Å². The van der Waals surface area contributed by atoms with Crippen LogP contribution in [0.25, 0.3) is 0 Å². The van der Waals surface area contributed by atoms with E-state index in [1.807, 2.05) is 12.1 Å². The average molecular weight is 307 g/mol. The third kappa shape index (κ3) is 3.56. The molecule has 0 aliphatic heterocycles. The Morgan fingerprint density at radius 3 is 2.67 bits per heavy atom. The van der Waals surface area contributed by atoms with Crippen LogP contribution < -0.4 is 4.74 Å². The Morgan fingerprint density at radius 2 is 1.86 bits per heavy atom. The largest absolute Gasteiger partial charge is 0.496 e. The fraction of sp³-hybridized carbons (Fsp3) is 0.684. The van der Waals surface area contributed by atoms with Gasteiger partial charge in [-0.05, 0) is 55.1 Å². The minimum Gasteiger partial charge on any atom is -0.496 e. The first-order valence-electron chi connectivity index (χ1n) is 8.54. The van der Waals surface area contributed by atoms with Gasteiger partial charge in [-0.1, -0.05) is 43.9 Å². The van der Waals surface area contributed by atoms with E-state index in [4.69, 9.17) is 16.3 Å². The van der Waals surface area contributed by atoms with Gasteiger partial charge in [0.05, 0.1) is 7.11 Å². The minimum atomic E-state index is 0.254. The van der Waals surface area contributed by atoms with E-state index in [1.165, 1.54) is 50.5 Å². The van der Waals surface area contributed by atoms with Crippen LogP contribution in [0.3, 0.4) is 0 Å². The number of halogens is 1. The summed E-state index contributed by atoms with van der Waals surface area (Å²) >= 11 is 6.80. The summed E-state index contributed by atoms with van der Waals surface area (Å²) in [5.41, 5.74) is 1.26. The molecular weight excluding hydrogens is 280 g/mol. The monoisotopic (exact) mass is 306 g/mol. The van der Waals surface area contributed by atoms with Crippen LogP contribution in [0.4, 0.5) is 0 Å². The summed E-state index contributed by atoms with van der Waals surface area (Å²) in [4.78, 5) is 0. The van der Waals surface area contributed by atoms with Crippen molar-refractivity contribution in [3.8, 4) is 5.75 Å². The normalized spacial score (nSPS) is 30.5. The topological polar surface area (TPSA) is 9.23 Å². The highest BCUT2D eigenvalue weighted by molar-refractivity contribution is 6.21. The summed E-state index contributed by atoms with van der Waals surface area (Å²) in [5.74, 6) is 3.63. The van der Waals surface area contributed by atoms with Gasteiger partial charge in [-0.15, -0.1) is 11.6 Å². The second kappa shape index (κ2) is 7.05. The lowest BCUT2D eigenvalue weighted by Crippen LogP contribution is -2.32. The molecule has 1 nitrogen and oxygen atoms in total. The molecule has 1 aromatic carbocycles. The molecule has 0 spiro atoms. The number of ether oxygens (including phenoxy) is 1. The smallest absolute Gasteiger partial charge is 0.122 e. The lowest BCUT2D eigenvalue weighted by Gasteiger charge is -2.40. The lowest BCUT2D eigenvalue weighted by atomic mass is 9.66. The van der Waals surface area contributed by atoms with Crippen LogP contribution in [-0.2, 0) is 6.42 Å². The minimum absolute atomic E-state index is 0.254. The molecule has 4 atom stereocenters. The molecule has 2 heteroatoms. The fourth-order valence-corrected chi connectivity index (χ4v) is 4.88. The van der Waals surface area contributed by atoms with E-state index < -0.39 is 0 Å². The fourth-order valence-electron chi connectivity index (χ4n) is 4.49. The predicted molar refractivity (Wildman–Crippen MR) is 89.1 cm³/mol. The Hall–Kier alpha value is -0.690. The van der Waals surface area contributed by atoms with Crippen molar-refractivity contribution in [1.29, 1.82) is 0 Å². The Morgan fingerprint density at radius 1 is 1.10 bits per heavy atom. The van der Waals surface area contributed by atoms with Crippen molar-refractivity contribution in [2.75, 3.05) is 7.11 Å². The molecule has 0 saturated heterocycles. The maximum Gasteiger partial charge on any atom is 0.122 e. The van der Waals surface area contributed by atoms with Crippen molar-refractivity contribution in [3.05, 3.63) is 29.8 Å². The number of fused-ring (bicyclic) bond motifs is 1. The van der Waals surface area contributed by atoms with Crippen molar-refractivity contribution >= 4 is 11.6 Å². The Labute approximate surface area is 134 Å². The maximum absolute atomic E-state index is 6.80. The van der Waals surface area contributed by atoms with Crippen LogP contribution in [0.15, 0.2) is 24.3 Å². The maximum atomic E-state index is 6.80.